The van der Waals surface area contributed by atoms with E-state index in [-0.39, 0.29) is 11.7 Å². The molecule has 3 heteroatoms. The number of phenolic OH excluding ortho intramolecular Hbond substituents is 1. The predicted molar refractivity (Wildman–Crippen MR) is 63.6 cm³/mol. The zero-order chi connectivity index (χ0) is 12.6. The largest absolute Gasteiger partial charge is 0.507 e. The van der Waals surface area contributed by atoms with Gasteiger partial charge in [-0.25, -0.2) is 0 Å². The average molecular weight is 222 g/mol. The molecule has 0 atom stereocenters. The lowest BCUT2D eigenvalue weighted by molar-refractivity contribution is -0.121. The second kappa shape index (κ2) is 7.63. The van der Waals surface area contributed by atoms with Gasteiger partial charge < -0.3 is 5.11 Å². The minimum atomic E-state index is 0.0347. The van der Waals surface area contributed by atoms with Crippen molar-refractivity contribution in [2.45, 2.75) is 27.2 Å². The van der Waals surface area contributed by atoms with Gasteiger partial charge in [0.2, 0.25) is 0 Å². The maximum Gasteiger partial charge on any atom is 0.153 e. The van der Waals surface area contributed by atoms with E-state index in [4.69, 9.17) is 5.11 Å². The van der Waals surface area contributed by atoms with Crippen molar-refractivity contribution >= 4 is 12.1 Å². The summed E-state index contributed by atoms with van der Waals surface area (Å²) >= 11 is 0. The van der Waals surface area contributed by atoms with Gasteiger partial charge in [0, 0.05) is 12.3 Å². The first-order valence-electron chi connectivity index (χ1n) is 5.28. The Kier molecular flexibility index (Phi) is 6.84. The number of aromatic hydroxyl groups is 1. The predicted octanol–water partition coefficient (Wildman–Crippen LogP) is 2.83. The van der Waals surface area contributed by atoms with E-state index in [0.29, 0.717) is 24.1 Å². The average Bonchev–Trinajstić information content (AvgIpc) is 2.29. The first kappa shape index (κ1) is 14.4. The normalized spacial score (nSPS) is 9.25. The molecular weight excluding hydrogens is 204 g/mol. The van der Waals surface area contributed by atoms with E-state index < -0.39 is 0 Å². The molecule has 16 heavy (non-hydrogen) atoms. The number of ketones is 1. The molecule has 0 fully saturated rings. The molecule has 0 bridgehead atoms. The van der Waals surface area contributed by atoms with Crippen molar-refractivity contribution in [3.05, 3.63) is 29.8 Å². The summed E-state index contributed by atoms with van der Waals surface area (Å²) < 4.78 is 0. The van der Waals surface area contributed by atoms with Crippen LogP contribution >= 0.6 is 0 Å². The Morgan fingerprint density at radius 1 is 1.38 bits per heavy atom. The zero-order valence-electron chi connectivity index (χ0n) is 9.93. The van der Waals surface area contributed by atoms with Gasteiger partial charge in [0.05, 0.1) is 5.56 Å². The Balaban J connectivity index is 0.000000293. The minimum Gasteiger partial charge on any atom is -0.507 e. The van der Waals surface area contributed by atoms with E-state index in [0.717, 1.165) is 0 Å². The number of benzene rings is 1. The molecule has 0 aliphatic rings. The maximum absolute atomic E-state index is 10.5. The molecule has 0 radical (unpaired) electrons. The van der Waals surface area contributed by atoms with Crippen LogP contribution in [0.5, 0.6) is 5.75 Å². The van der Waals surface area contributed by atoms with Gasteiger partial charge in [-0.1, -0.05) is 32.9 Å². The van der Waals surface area contributed by atoms with Crippen LogP contribution in [0.1, 0.15) is 37.6 Å². The van der Waals surface area contributed by atoms with Crippen molar-refractivity contribution in [1.82, 2.24) is 0 Å². The summed E-state index contributed by atoms with van der Waals surface area (Å²) in [5, 5.41) is 8.88. The fourth-order valence-electron chi connectivity index (χ4n) is 0.995. The fourth-order valence-corrected chi connectivity index (χ4v) is 0.995. The number of Topliss-reactive ketones (excluding diaryl/α,β-unsaturated/α-hetero) is 1. The molecule has 1 rings (SSSR count). The highest BCUT2D eigenvalue weighted by Crippen LogP contribution is 2.11. The molecule has 0 amide bonds. The van der Waals surface area contributed by atoms with E-state index in [9.17, 15) is 9.59 Å². The Labute approximate surface area is 96.1 Å². The van der Waals surface area contributed by atoms with Crippen molar-refractivity contribution in [2.24, 2.45) is 5.92 Å². The lowest BCUT2D eigenvalue weighted by Crippen LogP contribution is -2.03. The number of hydrogen-bond acceptors (Lipinski definition) is 3. The van der Waals surface area contributed by atoms with Crippen LogP contribution in [0, 0.1) is 5.92 Å². The van der Waals surface area contributed by atoms with Crippen LogP contribution in [0.4, 0.5) is 0 Å². The maximum atomic E-state index is 10.5. The molecule has 0 unspecified atom stereocenters. The standard InChI is InChI=1S/C7H6O2.C6H12O/c8-5-6-3-1-2-4-7(6)9;1-4-6(7)5(2)3/h1-5,9H;5H,4H2,1-3H3. The molecule has 0 aromatic heterocycles. The van der Waals surface area contributed by atoms with Crippen molar-refractivity contribution < 1.29 is 14.7 Å². The van der Waals surface area contributed by atoms with E-state index in [2.05, 4.69) is 0 Å². The van der Waals surface area contributed by atoms with Crippen LogP contribution in [0.2, 0.25) is 0 Å². The number of phenols is 1. The third-order valence-electron chi connectivity index (χ3n) is 2.06. The highest BCUT2D eigenvalue weighted by Gasteiger charge is 2.00. The van der Waals surface area contributed by atoms with E-state index in [1.54, 1.807) is 18.2 Å². The Morgan fingerprint density at radius 2 is 1.94 bits per heavy atom. The van der Waals surface area contributed by atoms with Crippen LogP contribution < -0.4 is 0 Å². The fraction of sp³-hybridized carbons (Fsp3) is 0.385. The molecule has 0 saturated carbocycles. The van der Waals surface area contributed by atoms with Gasteiger partial charge in [-0.2, -0.15) is 0 Å². The molecule has 0 heterocycles. The van der Waals surface area contributed by atoms with Crippen LogP contribution in [0.3, 0.4) is 0 Å². The van der Waals surface area contributed by atoms with Crippen LogP contribution in [0.15, 0.2) is 24.3 Å². The van der Waals surface area contributed by atoms with Crippen molar-refractivity contribution in [2.75, 3.05) is 0 Å². The van der Waals surface area contributed by atoms with Crippen LogP contribution in [-0.4, -0.2) is 17.2 Å². The molecule has 0 spiro atoms. The van der Waals surface area contributed by atoms with Crippen molar-refractivity contribution in [3.63, 3.8) is 0 Å². The Hall–Kier alpha value is -1.64. The molecular formula is C13H18O3. The van der Waals surface area contributed by atoms with Gasteiger partial charge in [0.25, 0.3) is 0 Å². The van der Waals surface area contributed by atoms with Crippen LogP contribution in [0.25, 0.3) is 0 Å². The van der Waals surface area contributed by atoms with E-state index in [1.165, 1.54) is 6.07 Å². The quantitative estimate of drug-likeness (QED) is 0.800. The Morgan fingerprint density at radius 3 is 2.19 bits per heavy atom. The second-order valence-corrected chi connectivity index (χ2v) is 3.65. The molecule has 1 aromatic rings. The second-order valence-electron chi connectivity index (χ2n) is 3.65. The molecule has 0 saturated heterocycles. The van der Waals surface area contributed by atoms with Crippen LogP contribution in [-0.2, 0) is 4.79 Å². The molecule has 88 valence electrons. The monoisotopic (exact) mass is 222 g/mol. The molecule has 0 aliphatic carbocycles. The minimum absolute atomic E-state index is 0.0347. The summed E-state index contributed by atoms with van der Waals surface area (Å²) in [7, 11) is 0. The number of para-hydroxylation sites is 1. The number of carbonyl (C=O) groups is 2. The van der Waals surface area contributed by atoms with Gasteiger partial charge in [-0.15, -0.1) is 0 Å². The van der Waals surface area contributed by atoms with Crippen molar-refractivity contribution in [1.29, 1.82) is 0 Å². The topological polar surface area (TPSA) is 54.4 Å². The van der Waals surface area contributed by atoms with E-state index >= 15 is 0 Å². The van der Waals surface area contributed by atoms with Gasteiger partial charge in [-0.05, 0) is 12.1 Å². The van der Waals surface area contributed by atoms with Gasteiger partial charge >= 0.3 is 0 Å². The summed E-state index contributed by atoms with van der Waals surface area (Å²) in [6.45, 7) is 5.74. The summed E-state index contributed by atoms with van der Waals surface area (Å²) in [5.41, 5.74) is 0.331. The van der Waals surface area contributed by atoms with Crippen molar-refractivity contribution in [3.8, 4) is 5.75 Å². The summed E-state index contributed by atoms with van der Waals surface area (Å²) in [5.74, 6) is 0.609. The molecule has 1 N–H and O–H groups in total. The SMILES string of the molecule is CCC(=O)C(C)C.O=Cc1ccccc1O. The highest BCUT2D eigenvalue weighted by atomic mass is 16.3. The first-order chi connectivity index (χ1) is 7.52. The van der Waals surface area contributed by atoms with Gasteiger partial charge in [-0.3, -0.25) is 9.59 Å². The first-order valence-corrected chi connectivity index (χ1v) is 5.28. The summed E-state index contributed by atoms with van der Waals surface area (Å²) in [6, 6.07) is 6.40. The van der Waals surface area contributed by atoms with Gasteiger partial charge in [0.1, 0.15) is 11.5 Å². The number of hydrogen-bond donors (Lipinski definition) is 1. The lowest BCUT2D eigenvalue weighted by atomic mass is 10.1. The summed E-state index contributed by atoms with van der Waals surface area (Å²) in [4.78, 5) is 20.6. The lowest BCUT2D eigenvalue weighted by Gasteiger charge is -1.96. The Bertz CT molecular complexity index is 343. The third kappa shape index (κ3) is 5.29. The van der Waals surface area contributed by atoms with E-state index in [1.807, 2.05) is 20.8 Å². The smallest absolute Gasteiger partial charge is 0.153 e. The number of aldehydes is 1. The number of rotatable bonds is 3. The number of carbonyl (C=O) groups excluding carboxylic acids is 2. The third-order valence-corrected chi connectivity index (χ3v) is 2.06. The molecule has 1 aromatic carbocycles. The van der Waals surface area contributed by atoms with Gasteiger partial charge in [0.15, 0.2) is 6.29 Å². The summed E-state index contributed by atoms with van der Waals surface area (Å²) in [6.07, 6.45) is 1.30. The zero-order valence-corrected chi connectivity index (χ0v) is 9.93. The molecule has 3 nitrogen and oxygen atoms in total. The highest BCUT2D eigenvalue weighted by molar-refractivity contribution is 5.79. The molecule has 0 aliphatic heterocycles.